The van der Waals surface area contributed by atoms with E-state index in [0.717, 1.165) is 0 Å². The average molecular weight is 519 g/mol. The van der Waals surface area contributed by atoms with Crippen LogP contribution in [-0.4, -0.2) is 79.1 Å². The molecule has 0 aromatic heterocycles. The first kappa shape index (κ1) is 27.6. The predicted molar refractivity (Wildman–Crippen MR) is 121 cm³/mol. The van der Waals surface area contributed by atoms with E-state index in [9.17, 15) is 39.9 Å². The predicted octanol–water partition coefficient (Wildman–Crippen LogP) is -0.295. The van der Waals surface area contributed by atoms with E-state index in [2.05, 4.69) is 0 Å². The molecule has 9 N–H and O–H groups in total. The van der Waals surface area contributed by atoms with Gasteiger partial charge in [0.05, 0.1) is 17.7 Å². The van der Waals surface area contributed by atoms with Crippen molar-refractivity contribution in [3.8, 4) is 5.75 Å². The van der Waals surface area contributed by atoms with Crippen LogP contribution >= 0.6 is 24.0 Å². The Morgan fingerprint density at radius 1 is 1.21 bits per heavy atom. The molecular weight excluding hydrogens is 495 g/mol. The molecule has 5 atom stereocenters. The van der Waals surface area contributed by atoms with Crippen LogP contribution in [0.4, 0.5) is 0 Å². The molecule has 0 unspecified atom stereocenters. The third-order valence-electron chi connectivity index (χ3n) is 6.64. The second-order valence-corrected chi connectivity index (χ2v) is 8.87. The average Bonchev–Trinajstić information content (AvgIpc) is 2.69. The second kappa shape index (κ2) is 8.84. The van der Waals surface area contributed by atoms with Crippen LogP contribution < -0.4 is 5.73 Å². The smallest absolute Gasteiger partial charge is 0.255 e. The maximum Gasteiger partial charge on any atom is 0.255 e. The Bertz CT molecular complexity index is 1160. The van der Waals surface area contributed by atoms with Gasteiger partial charge in [-0.1, -0.05) is 11.6 Å². The molecule has 1 aromatic rings. The van der Waals surface area contributed by atoms with Crippen LogP contribution in [0.2, 0.25) is 5.02 Å². The van der Waals surface area contributed by atoms with Crippen LogP contribution in [0.5, 0.6) is 5.75 Å². The number of phenols is 1. The molecule has 0 heterocycles. The number of aliphatic hydroxyl groups is 4. The fourth-order valence-electron chi connectivity index (χ4n) is 5.24. The summed E-state index contributed by atoms with van der Waals surface area (Å²) in [6.07, 6.45) is -1.70. The number of hydrogen-bond donors (Lipinski definition) is 6. The number of aliphatic hydroxyl groups excluding tert-OH is 3. The van der Waals surface area contributed by atoms with E-state index in [1.807, 2.05) is 0 Å². The van der Waals surface area contributed by atoms with Gasteiger partial charge in [-0.25, -0.2) is 0 Å². The summed E-state index contributed by atoms with van der Waals surface area (Å²) in [5, 5.41) is 54.4. The van der Waals surface area contributed by atoms with Crippen molar-refractivity contribution in [3.05, 3.63) is 45.2 Å². The Balaban J connectivity index is 0.00000204. The molecule has 0 saturated heterocycles. The Morgan fingerprint density at radius 3 is 2.32 bits per heavy atom. The molecule has 11 nitrogen and oxygen atoms in total. The van der Waals surface area contributed by atoms with Gasteiger partial charge in [0.1, 0.15) is 22.8 Å². The van der Waals surface area contributed by atoms with Crippen molar-refractivity contribution in [2.24, 2.45) is 17.6 Å². The molecule has 186 valence electrons. The van der Waals surface area contributed by atoms with Gasteiger partial charge in [-0.05, 0) is 32.6 Å². The number of halogens is 2. The van der Waals surface area contributed by atoms with E-state index in [1.54, 1.807) is 0 Å². The lowest BCUT2D eigenvalue weighted by atomic mass is 9.57. The minimum absolute atomic E-state index is 0. The lowest BCUT2D eigenvalue weighted by Gasteiger charge is -2.51. The maximum atomic E-state index is 13.6. The molecule has 1 saturated carbocycles. The quantitative estimate of drug-likeness (QED) is 0.283. The molecule has 0 spiro atoms. The molecule has 34 heavy (non-hydrogen) atoms. The van der Waals surface area contributed by atoms with Gasteiger partial charge in [0.2, 0.25) is 5.78 Å². The van der Waals surface area contributed by atoms with Crippen LogP contribution in [0.1, 0.15) is 23.7 Å². The monoisotopic (exact) mass is 518 g/mol. The number of carbonyl (C=O) groups excluding carboxylic acids is 3. The minimum atomic E-state index is -2.77. The Morgan fingerprint density at radius 2 is 1.79 bits per heavy atom. The molecule has 0 bridgehead atoms. The summed E-state index contributed by atoms with van der Waals surface area (Å²) in [5.74, 6) is -8.19. The molecule has 1 fully saturated rings. The van der Waals surface area contributed by atoms with Gasteiger partial charge in [0, 0.05) is 28.0 Å². The van der Waals surface area contributed by atoms with Gasteiger partial charge in [-0.3, -0.25) is 19.3 Å². The summed E-state index contributed by atoms with van der Waals surface area (Å²) in [6, 6.07) is 1.25. The number of aromatic hydroxyl groups is 1. The molecule has 13 heteroatoms. The summed E-state index contributed by atoms with van der Waals surface area (Å²) in [7, 11) is 2.97. The molecule has 1 amide bonds. The lowest BCUT2D eigenvalue weighted by Crippen LogP contribution is -2.66. The normalized spacial score (nSPS) is 30.2. The number of benzene rings is 1. The van der Waals surface area contributed by atoms with Gasteiger partial charge in [0.25, 0.3) is 5.91 Å². The van der Waals surface area contributed by atoms with E-state index in [0.29, 0.717) is 0 Å². The number of hydrogen-bond acceptors (Lipinski definition) is 9. The number of likely N-dealkylation sites (N-methyl/N-ethyl adjacent to an activating group) is 1. The fourth-order valence-corrected chi connectivity index (χ4v) is 5.51. The number of carbonyl (C=O) groups is 3. The van der Waals surface area contributed by atoms with Crippen LogP contribution in [0.15, 0.2) is 29.0 Å². The maximum absolute atomic E-state index is 13.6. The highest BCUT2D eigenvalue weighted by atomic mass is 35.5. The number of nitrogens with zero attached hydrogens (tertiary/aromatic N) is 1. The van der Waals surface area contributed by atoms with E-state index >= 15 is 0 Å². The largest absolute Gasteiger partial charge is 0.508 e. The van der Waals surface area contributed by atoms with Gasteiger partial charge >= 0.3 is 0 Å². The Kier molecular flexibility index (Phi) is 7.17. The molecular formula is C21H24Cl2N2O9. The number of nitrogens with two attached hydrogens (primary N) is 1. The number of Topliss-reactive ketones (excluding diaryl/α,β-unsaturated/α-hetero) is 2. The number of ketones is 2. The van der Waals surface area contributed by atoms with Crippen molar-refractivity contribution in [2.75, 3.05) is 14.1 Å². The van der Waals surface area contributed by atoms with E-state index in [-0.39, 0.29) is 40.5 Å². The van der Waals surface area contributed by atoms with Crippen LogP contribution in [0.25, 0.3) is 5.76 Å². The Labute approximate surface area is 204 Å². The third-order valence-corrected chi connectivity index (χ3v) is 6.97. The molecule has 3 aliphatic carbocycles. The number of fused-ring (bicyclic) bond motifs is 3. The topological polar surface area (TPSA) is 213 Å². The van der Waals surface area contributed by atoms with E-state index in [4.69, 9.17) is 17.3 Å². The van der Waals surface area contributed by atoms with Gasteiger partial charge in [-0.15, -0.1) is 12.4 Å². The molecule has 3 aliphatic rings. The minimum Gasteiger partial charge on any atom is -0.508 e. The highest BCUT2D eigenvalue weighted by molar-refractivity contribution is 6.32. The molecule has 0 radical (unpaired) electrons. The van der Waals surface area contributed by atoms with Gasteiger partial charge in [0.15, 0.2) is 11.4 Å². The zero-order valence-electron chi connectivity index (χ0n) is 17.9. The first-order valence-corrected chi connectivity index (χ1v) is 10.1. The van der Waals surface area contributed by atoms with E-state index in [1.165, 1.54) is 31.1 Å². The number of amides is 1. The van der Waals surface area contributed by atoms with Crippen molar-refractivity contribution >= 4 is 47.2 Å². The Hall–Kier alpha value is -2.67. The van der Waals surface area contributed by atoms with Crippen molar-refractivity contribution in [1.82, 2.24) is 4.90 Å². The standard InChI is InChI=1S/C21H21ClN2O8.ClH.H2O/c1-24(2)14-7-5-6-10(16(27)12-9(25)4-3-8(22)11(12)15(6)26)18(29)21(7,32)19(30)13(17(14)28)20(23)31;;/h3-4,6-7,14-15,25-27,30,32H,5H2,1-2H3,(H2,23,31);1H;1H2/t6-,7-,14-,15-,21-;;/m0../s1. The first-order chi connectivity index (χ1) is 14.8. The van der Waals surface area contributed by atoms with Crippen LogP contribution in [-0.2, 0) is 14.4 Å². The second-order valence-electron chi connectivity index (χ2n) is 8.47. The SMILES string of the molecule is CN(C)[C@@H]1C(=O)C(C(N)=O)=C(O)[C@@]2(O)C(=O)C3=C(O)c4c(O)ccc(Cl)c4[C@@H](O)[C@H]3C[C@@H]12.Cl.O. The molecule has 0 aliphatic heterocycles. The summed E-state index contributed by atoms with van der Waals surface area (Å²) < 4.78 is 0. The first-order valence-electron chi connectivity index (χ1n) is 9.69. The van der Waals surface area contributed by atoms with Crippen LogP contribution in [0.3, 0.4) is 0 Å². The number of primary amides is 1. The highest BCUT2D eigenvalue weighted by Crippen LogP contribution is 2.56. The van der Waals surface area contributed by atoms with Gasteiger partial charge < -0.3 is 36.7 Å². The summed E-state index contributed by atoms with van der Waals surface area (Å²) in [6.45, 7) is 0. The van der Waals surface area contributed by atoms with Crippen molar-refractivity contribution < 1.29 is 45.4 Å². The van der Waals surface area contributed by atoms with Crippen molar-refractivity contribution in [3.63, 3.8) is 0 Å². The summed E-state index contributed by atoms with van der Waals surface area (Å²) in [4.78, 5) is 39.8. The molecule has 4 rings (SSSR count). The molecule has 1 aromatic carbocycles. The third kappa shape index (κ3) is 3.31. The zero-order valence-corrected chi connectivity index (χ0v) is 19.5. The highest BCUT2D eigenvalue weighted by Gasteiger charge is 2.65. The van der Waals surface area contributed by atoms with E-state index < -0.39 is 75.5 Å². The van der Waals surface area contributed by atoms with Gasteiger partial charge in [-0.2, -0.15) is 0 Å². The van der Waals surface area contributed by atoms with Crippen molar-refractivity contribution in [2.45, 2.75) is 24.2 Å². The zero-order chi connectivity index (χ0) is 23.9. The van der Waals surface area contributed by atoms with Crippen molar-refractivity contribution in [1.29, 1.82) is 0 Å². The number of phenolic OH excluding ortho intramolecular Hbond substituents is 1. The number of rotatable bonds is 2. The lowest BCUT2D eigenvalue weighted by molar-refractivity contribution is -0.155. The fraction of sp³-hybridized carbons (Fsp3) is 0.381. The van der Waals surface area contributed by atoms with Crippen LogP contribution in [0, 0.1) is 11.8 Å². The summed E-state index contributed by atoms with van der Waals surface area (Å²) in [5.41, 5.74) is 0.845. The summed E-state index contributed by atoms with van der Waals surface area (Å²) >= 11 is 6.19.